The quantitative estimate of drug-likeness (QED) is 0.659. The van der Waals surface area contributed by atoms with Gasteiger partial charge in [-0.15, -0.1) is 11.3 Å². The predicted molar refractivity (Wildman–Crippen MR) is 130 cm³/mol. The average Bonchev–Trinajstić information content (AvgIpc) is 3.46. The molecule has 3 heterocycles. The standard InChI is InChI=1S/C23H32N4O3S2/c1-25(2)20-11-10-18(32(29,30)27-13-4-3-5-14-27)16-19(20)24-23(28)17-26-12-6-8-21(26)22-9-7-15-31-22/h7,9-11,15-16,21H,3-6,8,12-14,17H2,1-2H3,(H,24,28). The van der Waals surface area contributed by atoms with Crippen molar-refractivity contribution >= 4 is 38.6 Å². The summed E-state index contributed by atoms with van der Waals surface area (Å²) < 4.78 is 27.9. The zero-order valence-corrected chi connectivity index (χ0v) is 20.4. The summed E-state index contributed by atoms with van der Waals surface area (Å²) in [5.74, 6) is -0.121. The first-order chi connectivity index (χ1) is 15.4. The molecule has 2 aliphatic rings. The van der Waals surface area contributed by atoms with Crippen LogP contribution in [0.15, 0.2) is 40.6 Å². The number of likely N-dealkylation sites (tertiary alicyclic amines) is 1. The maximum absolute atomic E-state index is 13.2. The van der Waals surface area contributed by atoms with E-state index in [-0.39, 0.29) is 16.8 Å². The topological polar surface area (TPSA) is 73.0 Å². The first-order valence-corrected chi connectivity index (χ1v) is 13.6. The van der Waals surface area contributed by atoms with E-state index in [0.717, 1.165) is 44.3 Å². The molecular formula is C23H32N4O3S2. The van der Waals surface area contributed by atoms with E-state index in [1.165, 1.54) is 4.88 Å². The number of amides is 1. The summed E-state index contributed by atoms with van der Waals surface area (Å²) in [6.45, 7) is 2.29. The summed E-state index contributed by atoms with van der Waals surface area (Å²) in [6.07, 6.45) is 4.97. The number of carbonyl (C=O) groups excluding carboxylic acids is 1. The Hall–Kier alpha value is -1.94. The number of hydrogen-bond donors (Lipinski definition) is 1. The third-order valence-electron chi connectivity index (χ3n) is 6.26. The van der Waals surface area contributed by atoms with Crippen molar-refractivity contribution in [3.05, 3.63) is 40.6 Å². The van der Waals surface area contributed by atoms with E-state index in [2.05, 4.69) is 21.7 Å². The van der Waals surface area contributed by atoms with Gasteiger partial charge >= 0.3 is 0 Å². The van der Waals surface area contributed by atoms with Crippen LogP contribution in [0.25, 0.3) is 0 Å². The minimum absolute atomic E-state index is 0.121. The number of hydrogen-bond acceptors (Lipinski definition) is 6. The minimum atomic E-state index is -3.57. The number of thiophene rings is 1. The van der Waals surface area contributed by atoms with Crippen molar-refractivity contribution in [2.45, 2.75) is 43.0 Å². The molecule has 2 aliphatic heterocycles. The van der Waals surface area contributed by atoms with Crippen LogP contribution in [0.5, 0.6) is 0 Å². The molecule has 1 atom stereocenters. The highest BCUT2D eigenvalue weighted by atomic mass is 32.2. The summed E-state index contributed by atoms with van der Waals surface area (Å²) in [4.78, 5) is 18.6. The van der Waals surface area contributed by atoms with Crippen molar-refractivity contribution in [1.82, 2.24) is 9.21 Å². The van der Waals surface area contributed by atoms with Crippen LogP contribution in [0.4, 0.5) is 11.4 Å². The van der Waals surface area contributed by atoms with E-state index in [1.54, 1.807) is 33.8 Å². The van der Waals surface area contributed by atoms with Crippen molar-refractivity contribution < 1.29 is 13.2 Å². The molecule has 1 unspecified atom stereocenters. The first kappa shape index (κ1) is 23.2. The molecule has 0 radical (unpaired) electrons. The van der Waals surface area contributed by atoms with Gasteiger partial charge in [-0.05, 0) is 61.9 Å². The van der Waals surface area contributed by atoms with E-state index in [9.17, 15) is 13.2 Å². The Balaban J connectivity index is 1.52. The van der Waals surface area contributed by atoms with E-state index >= 15 is 0 Å². The second-order valence-corrected chi connectivity index (χ2v) is 11.6. The number of carbonyl (C=O) groups is 1. The van der Waals surface area contributed by atoms with E-state index in [1.807, 2.05) is 25.1 Å². The molecule has 7 nitrogen and oxygen atoms in total. The Bertz CT molecular complexity index is 1030. The fourth-order valence-corrected chi connectivity index (χ4v) is 7.05. The van der Waals surface area contributed by atoms with Gasteiger partial charge in [0.25, 0.3) is 0 Å². The van der Waals surface area contributed by atoms with Crippen LogP contribution in [0, 0.1) is 0 Å². The number of nitrogens with zero attached hydrogens (tertiary/aromatic N) is 3. The lowest BCUT2D eigenvalue weighted by Gasteiger charge is -2.27. The van der Waals surface area contributed by atoms with Crippen molar-refractivity contribution in [3.63, 3.8) is 0 Å². The maximum Gasteiger partial charge on any atom is 0.243 e. The summed E-state index contributed by atoms with van der Waals surface area (Å²) in [7, 11) is 0.203. The van der Waals surface area contributed by atoms with Gasteiger partial charge in [-0.3, -0.25) is 9.69 Å². The van der Waals surface area contributed by atoms with Gasteiger partial charge in [0.05, 0.1) is 22.8 Å². The summed E-state index contributed by atoms with van der Waals surface area (Å²) in [5.41, 5.74) is 1.32. The van der Waals surface area contributed by atoms with E-state index < -0.39 is 10.0 Å². The number of benzene rings is 1. The smallest absolute Gasteiger partial charge is 0.243 e. The van der Waals surface area contributed by atoms with Crippen molar-refractivity contribution in [1.29, 1.82) is 0 Å². The molecule has 1 amide bonds. The Morgan fingerprint density at radius 1 is 1.12 bits per heavy atom. The van der Waals surface area contributed by atoms with Crippen molar-refractivity contribution in [2.75, 3.05) is 50.5 Å². The Kier molecular flexibility index (Phi) is 7.19. The molecule has 1 aromatic heterocycles. The molecule has 0 saturated carbocycles. The minimum Gasteiger partial charge on any atom is -0.376 e. The fraction of sp³-hybridized carbons (Fsp3) is 0.522. The third-order valence-corrected chi connectivity index (χ3v) is 9.13. The van der Waals surface area contributed by atoms with E-state index in [4.69, 9.17) is 0 Å². The molecule has 1 N–H and O–H groups in total. The zero-order valence-electron chi connectivity index (χ0n) is 18.8. The second-order valence-electron chi connectivity index (χ2n) is 8.73. The Morgan fingerprint density at radius 3 is 2.59 bits per heavy atom. The molecule has 2 aromatic rings. The molecule has 9 heteroatoms. The monoisotopic (exact) mass is 476 g/mol. The van der Waals surface area contributed by atoms with Crippen molar-refractivity contribution in [3.8, 4) is 0 Å². The first-order valence-electron chi connectivity index (χ1n) is 11.2. The van der Waals surface area contributed by atoms with Gasteiger partial charge in [0, 0.05) is 38.1 Å². The molecule has 32 heavy (non-hydrogen) atoms. The zero-order chi connectivity index (χ0) is 22.7. The lowest BCUT2D eigenvalue weighted by Crippen LogP contribution is -2.36. The summed E-state index contributed by atoms with van der Waals surface area (Å²) in [6, 6.07) is 9.48. The number of piperidine rings is 1. The van der Waals surface area contributed by atoms with Gasteiger partial charge in [0.1, 0.15) is 0 Å². The number of anilines is 2. The van der Waals surface area contributed by atoms with Gasteiger partial charge in [-0.2, -0.15) is 4.31 Å². The van der Waals surface area contributed by atoms with Gasteiger partial charge in [0.2, 0.25) is 15.9 Å². The SMILES string of the molecule is CN(C)c1ccc(S(=O)(=O)N2CCCCC2)cc1NC(=O)CN1CCCC1c1cccs1. The molecule has 0 bridgehead atoms. The molecule has 1 aromatic carbocycles. The average molecular weight is 477 g/mol. The van der Waals surface area contributed by atoms with Gasteiger partial charge < -0.3 is 10.2 Å². The normalized spacial score (nSPS) is 20.4. The molecule has 174 valence electrons. The molecule has 0 aliphatic carbocycles. The number of nitrogens with one attached hydrogen (secondary N) is 1. The molecular weight excluding hydrogens is 444 g/mol. The van der Waals surface area contributed by atoms with Crippen LogP contribution in [0.1, 0.15) is 43.0 Å². The highest BCUT2D eigenvalue weighted by Crippen LogP contribution is 2.35. The van der Waals surface area contributed by atoms with Gasteiger partial charge in [0.15, 0.2) is 0 Å². The second kappa shape index (κ2) is 9.91. The van der Waals surface area contributed by atoms with E-state index in [0.29, 0.717) is 25.3 Å². The fourth-order valence-electron chi connectivity index (χ4n) is 4.61. The van der Waals surface area contributed by atoms with Crippen LogP contribution in [-0.2, 0) is 14.8 Å². The van der Waals surface area contributed by atoms with Crippen LogP contribution < -0.4 is 10.2 Å². The Labute approximate surface area is 195 Å². The molecule has 0 spiro atoms. The number of sulfonamides is 1. The largest absolute Gasteiger partial charge is 0.376 e. The van der Waals surface area contributed by atoms with Crippen LogP contribution in [0.2, 0.25) is 0 Å². The predicted octanol–water partition coefficient (Wildman–Crippen LogP) is 3.76. The van der Waals surface area contributed by atoms with Crippen LogP contribution >= 0.6 is 11.3 Å². The van der Waals surface area contributed by atoms with Crippen LogP contribution in [-0.4, -0.2) is 63.8 Å². The van der Waals surface area contributed by atoms with Gasteiger partial charge in [-0.25, -0.2) is 8.42 Å². The molecule has 2 saturated heterocycles. The highest BCUT2D eigenvalue weighted by Gasteiger charge is 2.29. The Morgan fingerprint density at radius 2 is 1.91 bits per heavy atom. The maximum atomic E-state index is 13.2. The van der Waals surface area contributed by atoms with Crippen molar-refractivity contribution in [2.24, 2.45) is 0 Å². The summed E-state index contributed by atoms with van der Waals surface area (Å²) in [5, 5.41) is 5.07. The molecule has 4 rings (SSSR count). The number of rotatable bonds is 7. The summed E-state index contributed by atoms with van der Waals surface area (Å²) >= 11 is 1.73. The lowest BCUT2D eigenvalue weighted by molar-refractivity contribution is -0.117. The third kappa shape index (κ3) is 5.01. The lowest BCUT2D eigenvalue weighted by atomic mass is 10.2. The van der Waals surface area contributed by atoms with Crippen LogP contribution in [0.3, 0.4) is 0 Å². The highest BCUT2D eigenvalue weighted by molar-refractivity contribution is 7.89. The molecule has 2 fully saturated rings. The van der Waals surface area contributed by atoms with Gasteiger partial charge in [-0.1, -0.05) is 12.5 Å².